The molecule has 0 saturated carbocycles. The molecule has 2 aromatic rings. The normalized spacial score (nSPS) is 16.0. The first-order chi connectivity index (χ1) is 13.8. The smallest absolute Gasteiger partial charge is 0.251 e. The van der Waals surface area contributed by atoms with Crippen molar-refractivity contribution in [1.82, 2.24) is 10.6 Å². The molecular formula is C22H24FN3O3. The van der Waals surface area contributed by atoms with Gasteiger partial charge in [-0.25, -0.2) is 4.39 Å². The summed E-state index contributed by atoms with van der Waals surface area (Å²) >= 11 is 0. The van der Waals surface area contributed by atoms with Gasteiger partial charge in [0.1, 0.15) is 5.82 Å². The molecule has 1 unspecified atom stereocenters. The Morgan fingerprint density at radius 2 is 1.76 bits per heavy atom. The fraction of sp³-hybridized carbons (Fsp3) is 0.318. The Morgan fingerprint density at radius 3 is 2.45 bits per heavy atom. The first-order valence-corrected chi connectivity index (χ1v) is 9.54. The van der Waals surface area contributed by atoms with Gasteiger partial charge in [-0.05, 0) is 43.7 Å². The molecule has 1 fully saturated rings. The van der Waals surface area contributed by atoms with E-state index in [1.165, 1.54) is 6.07 Å². The van der Waals surface area contributed by atoms with Gasteiger partial charge in [-0.1, -0.05) is 23.8 Å². The average molecular weight is 397 g/mol. The number of benzene rings is 2. The first-order valence-electron chi connectivity index (χ1n) is 9.54. The molecule has 2 N–H and O–H groups in total. The molecule has 2 aromatic carbocycles. The van der Waals surface area contributed by atoms with E-state index in [-0.39, 0.29) is 36.9 Å². The van der Waals surface area contributed by atoms with Crippen LogP contribution in [0.2, 0.25) is 0 Å². The number of nitrogens with one attached hydrogen (secondary N) is 2. The van der Waals surface area contributed by atoms with Gasteiger partial charge in [0.25, 0.3) is 5.91 Å². The lowest BCUT2D eigenvalue weighted by Gasteiger charge is -2.17. The van der Waals surface area contributed by atoms with Crippen LogP contribution in [0.1, 0.15) is 27.9 Å². The highest BCUT2D eigenvalue weighted by molar-refractivity contribution is 6.00. The number of amides is 3. The number of hydrogen-bond acceptors (Lipinski definition) is 3. The summed E-state index contributed by atoms with van der Waals surface area (Å²) in [6, 6.07) is 11.9. The molecule has 1 aliphatic heterocycles. The molecule has 1 saturated heterocycles. The quantitative estimate of drug-likeness (QED) is 0.735. The lowest BCUT2D eigenvalue weighted by Crippen LogP contribution is -2.38. The van der Waals surface area contributed by atoms with Gasteiger partial charge in [-0.3, -0.25) is 14.4 Å². The molecule has 3 amide bonds. The van der Waals surface area contributed by atoms with Crippen molar-refractivity contribution in [3.63, 3.8) is 0 Å². The van der Waals surface area contributed by atoms with Crippen LogP contribution < -0.4 is 15.5 Å². The molecule has 0 aliphatic carbocycles. The Bertz CT molecular complexity index is 927. The predicted molar refractivity (Wildman–Crippen MR) is 108 cm³/mol. The van der Waals surface area contributed by atoms with E-state index in [0.717, 1.165) is 11.3 Å². The van der Waals surface area contributed by atoms with Crippen LogP contribution in [0.4, 0.5) is 10.1 Å². The second-order valence-corrected chi connectivity index (χ2v) is 7.25. The van der Waals surface area contributed by atoms with Crippen molar-refractivity contribution in [1.29, 1.82) is 0 Å². The molecule has 6 nitrogen and oxygen atoms in total. The number of halogens is 1. The van der Waals surface area contributed by atoms with Gasteiger partial charge >= 0.3 is 0 Å². The highest BCUT2D eigenvalue weighted by Gasteiger charge is 2.34. The zero-order valence-electron chi connectivity index (χ0n) is 16.5. The number of aryl methyl sites for hydroxylation is 2. The van der Waals surface area contributed by atoms with E-state index in [1.807, 2.05) is 31.2 Å². The van der Waals surface area contributed by atoms with Crippen molar-refractivity contribution < 1.29 is 18.8 Å². The molecule has 0 bridgehead atoms. The highest BCUT2D eigenvalue weighted by atomic mass is 19.1. The molecule has 7 heteroatoms. The Morgan fingerprint density at radius 1 is 1.07 bits per heavy atom. The Hall–Kier alpha value is -3.22. The van der Waals surface area contributed by atoms with Gasteiger partial charge in [0.05, 0.1) is 5.92 Å². The van der Waals surface area contributed by atoms with Gasteiger partial charge in [-0.2, -0.15) is 0 Å². The SMILES string of the molecule is Cc1ccc(N2CC(C(=O)NCCNC(=O)c3ccc(C)c(F)c3)CC2=O)cc1. The minimum atomic E-state index is -0.435. The summed E-state index contributed by atoms with van der Waals surface area (Å²) in [6.07, 6.45) is 0.161. The first kappa shape index (κ1) is 20.5. The maximum absolute atomic E-state index is 13.5. The fourth-order valence-corrected chi connectivity index (χ4v) is 3.20. The van der Waals surface area contributed by atoms with Crippen LogP contribution >= 0.6 is 0 Å². The van der Waals surface area contributed by atoms with Gasteiger partial charge in [-0.15, -0.1) is 0 Å². The van der Waals surface area contributed by atoms with E-state index < -0.39 is 17.6 Å². The Kier molecular flexibility index (Phi) is 6.26. The summed E-state index contributed by atoms with van der Waals surface area (Å²) in [4.78, 5) is 38.3. The number of anilines is 1. The van der Waals surface area contributed by atoms with Gasteiger partial charge in [0, 0.05) is 37.3 Å². The van der Waals surface area contributed by atoms with Crippen molar-refractivity contribution >= 4 is 23.4 Å². The van der Waals surface area contributed by atoms with E-state index in [4.69, 9.17) is 0 Å². The zero-order chi connectivity index (χ0) is 21.0. The van der Waals surface area contributed by atoms with Crippen molar-refractivity contribution in [2.24, 2.45) is 5.92 Å². The van der Waals surface area contributed by atoms with Crippen LogP contribution in [0, 0.1) is 25.6 Å². The maximum atomic E-state index is 13.5. The lowest BCUT2D eigenvalue weighted by molar-refractivity contribution is -0.126. The topological polar surface area (TPSA) is 78.5 Å². The molecule has 0 spiro atoms. The summed E-state index contributed by atoms with van der Waals surface area (Å²) in [5.41, 5.74) is 2.59. The summed E-state index contributed by atoms with van der Waals surface area (Å²) in [5.74, 6) is -1.56. The van der Waals surface area contributed by atoms with Crippen molar-refractivity contribution in [3.8, 4) is 0 Å². The van der Waals surface area contributed by atoms with E-state index in [2.05, 4.69) is 10.6 Å². The number of hydrogen-bond donors (Lipinski definition) is 2. The predicted octanol–water partition coefficient (Wildman–Crippen LogP) is 2.34. The third-order valence-corrected chi connectivity index (χ3v) is 4.99. The average Bonchev–Trinajstić information content (AvgIpc) is 3.09. The maximum Gasteiger partial charge on any atom is 0.251 e. The molecule has 1 atom stereocenters. The number of carbonyl (C=O) groups excluding carboxylic acids is 3. The van der Waals surface area contributed by atoms with Crippen LogP contribution in [0.25, 0.3) is 0 Å². The van der Waals surface area contributed by atoms with E-state index >= 15 is 0 Å². The van der Waals surface area contributed by atoms with Gasteiger partial charge in [0.2, 0.25) is 11.8 Å². The molecule has 1 aliphatic rings. The number of nitrogens with zero attached hydrogens (tertiary/aromatic N) is 1. The largest absolute Gasteiger partial charge is 0.354 e. The third kappa shape index (κ3) is 4.99. The van der Waals surface area contributed by atoms with Gasteiger partial charge in [0.15, 0.2) is 0 Å². The molecule has 1 heterocycles. The van der Waals surface area contributed by atoms with E-state index in [0.29, 0.717) is 12.1 Å². The summed E-state index contributed by atoms with van der Waals surface area (Å²) < 4.78 is 13.5. The van der Waals surface area contributed by atoms with Crippen molar-refractivity contribution in [3.05, 3.63) is 65.0 Å². The minimum absolute atomic E-state index is 0.0799. The monoisotopic (exact) mass is 397 g/mol. The van der Waals surface area contributed by atoms with Gasteiger partial charge < -0.3 is 15.5 Å². The van der Waals surface area contributed by atoms with Crippen LogP contribution in [-0.4, -0.2) is 37.4 Å². The summed E-state index contributed by atoms with van der Waals surface area (Å²) in [6.45, 7) is 4.37. The third-order valence-electron chi connectivity index (χ3n) is 4.99. The second kappa shape index (κ2) is 8.86. The molecular weight excluding hydrogens is 373 g/mol. The number of rotatable bonds is 6. The Balaban J connectivity index is 1.45. The van der Waals surface area contributed by atoms with Crippen LogP contribution in [-0.2, 0) is 9.59 Å². The summed E-state index contributed by atoms with van der Waals surface area (Å²) in [5, 5.41) is 5.39. The van der Waals surface area contributed by atoms with Crippen molar-refractivity contribution in [2.45, 2.75) is 20.3 Å². The van der Waals surface area contributed by atoms with E-state index in [9.17, 15) is 18.8 Å². The van der Waals surface area contributed by atoms with Crippen LogP contribution in [0.5, 0.6) is 0 Å². The lowest BCUT2D eigenvalue weighted by atomic mass is 10.1. The Labute approximate surface area is 169 Å². The summed E-state index contributed by atoms with van der Waals surface area (Å²) in [7, 11) is 0. The molecule has 0 aromatic heterocycles. The van der Waals surface area contributed by atoms with E-state index in [1.54, 1.807) is 24.0 Å². The standard InChI is InChI=1S/C22H24FN3O3/c1-14-3-7-18(8-4-14)26-13-17(12-20(26)27)22(29)25-10-9-24-21(28)16-6-5-15(2)19(23)11-16/h3-8,11,17H,9-10,12-13H2,1-2H3,(H,24,28)(H,25,29). The number of carbonyl (C=O) groups is 3. The zero-order valence-corrected chi connectivity index (χ0v) is 16.5. The van der Waals surface area contributed by atoms with Crippen LogP contribution in [0.3, 0.4) is 0 Å². The molecule has 3 rings (SSSR count). The minimum Gasteiger partial charge on any atom is -0.354 e. The highest BCUT2D eigenvalue weighted by Crippen LogP contribution is 2.25. The van der Waals surface area contributed by atoms with Crippen LogP contribution in [0.15, 0.2) is 42.5 Å². The molecule has 152 valence electrons. The second-order valence-electron chi connectivity index (χ2n) is 7.25. The molecule has 0 radical (unpaired) electrons. The van der Waals surface area contributed by atoms with Crippen molar-refractivity contribution in [2.75, 3.05) is 24.5 Å². The fourth-order valence-electron chi connectivity index (χ4n) is 3.20. The molecule has 29 heavy (non-hydrogen) atoms.